The average Bonchev–Trinajstić information content (AvgIpc) is 2.64. The van der Waals surface area contributed by atoms with Crippen molar-refractivity contribution in [3.05, 3.63) is 20.8 Å². The van der Waals surface area contributed by atoms with Crippen LogP contribution in [0.3, 0.4) is 0 Å². The lowest BCUT2D eigenvalue weighted by atomic mass is 9.67. The summed E-state index contributed by atoms with van der Waals surface area (Å²) < 4.78 is 1.20. The quantitative estimate of drug-likeness (QED) is 0.828. The van der Waals surface area contributed by atoms with E-state index in [2.05, 4.69) is 46.5 Å². The van der Waals surface area contributed by atoms with E-state index in [0.29, 0.717) is 11.5 Å². The number of hydrogen-bond donors (Lipinski definition) is 1. The maximum Gasteiger partial charge on any atom is 0.0386 e. The Morgan fingerprint density at radius 3 is 2.75 bits per heavy atom. The maximum atomic E-state index is 3.70. The number of thiophene rings is 1. The van der Waals surface area contributed by atoms with Gasteiger partial charge in [0, 0.05) is 27.3 Å². The smallest absolute Gasteiger partial charge is 0.0386 e. The van der Waals surface area contributed by atoms with Crippen LogP contribution in [0.5, 0.6) is 0 Å². The fourth-order valence-corrected chi connectivity index (χ4v) is 3.84. The zero-order valence-electron chi connectivity index (χ0n) is 10.1. The first-order valence-corrected chi connectivity index (χ1v) is 7.80. The Morgan fingerprint density at radius 1 is 1.56 bits per heavy atom. The average molecular weight is 302 g/mol. The highest BCUT2D eigenvalue weighted by Gasteiger charge is 2.34. The molecule has 1 heterocycles. The molecule has 16 heavy (non-hydrogen) atoms. The molecule has 0 saturated heterocycles. The van der Waals surface area contributed by atoms with Crippen LogP contribution in [0.4, 0.5) is 0 Å². The van der Waals surface area contributed by atoms with Gasteiger partial charge in [-0.05, 0) is 53.6 Å². The topological polar surface area (TPSA) is 12.0 Å². The lowest BCUT2D eigenvalue weighted by molar-refractivity contribution is 0.120. The normalized spacial score (nSPS) is 20.4. The first-order chi connectivity index (χ1) is 7.65. The van der Waals surface area contributed by atoms with E-state index >= 15 is 0 Å². The first kappa shape index (κ1) is 12.6. The lowest BCUT2D eigenvalue weighted by Crippen LogP contribution is -2.40. The minimum absolute atomic E-state index is 0.486. The Hall–Kier alpha value is 0.140. The predicted octanol–water partition coefficient (Wildman–Crippen LogP) is 4.74. The third-order valence-corrected chi connectivity index (χ3v) is 5.84. The highest BCUT2D eigenvalue weighted by Crippen LogP contribution is 2.43. The highest BCUT2D eigenvalue weighted by molar-refractivity contribution is 9.10. The molecule has 1 aromatic heterocycles. The fourth-order valence-electron chi connectivity index (χ4n) is 2.36. The molecule has 1 aliphatic carbocycles. The predicted molar refractivity (Wildman–Crippen MR) is 75.0 cm³/mol. The second-order valence-electron chi connectivity index (χ2n) is 4.98. The summed E-state index contributed by atoms with van der Waals surface area (Å²) in [4.78, 5) is 1.43. The Balaban J connectivity index is 1.86. The molecule has 1 nitrogen and oxygen atoms in total. The Kier molecular flexibility index (Phi) is 4.09. The summed E-state index contributed by atoms with van der Waals surface area (Å²) in [6, 6.07) is 2.71. The number of halogens is 1. The minimum Gasteiger partial charge on any atom is -0.309 e. The van der Waals surface area contributed by atoms with Gasteiger partial charge in [-0.25, -0.2) is 0 Å². The molecule has 1 N–H and O–H groups in total. The van der Waals surface area contributed by atoms with Gasteiger partial charge in [-0.2, -0.15) is 0 Å². The monoisotopic (exact) mass is 301 g/mol. The van der Waals surface area contributed by atoms with Crippen molar-refractivity contribution in [2.45, 2.75) is 45.6 Å². The second kappa shape index (κ2) is 5.19. The van der Waals surface area contributed by atoms with Crippen LogP contribution in [0.2, 0.25) is 0 Å². The summed E-state index contributed by atoms with van der Waals surface area (Å²) in [6.45, 7) is 5.77. The van der Waals surface area contributed by atoms with Crippen LogP contribution in [0.25, 0.3) is 0 Å². The van der Waals surface area contributed by atoms with Gasteiger partial charge in [0.05, 0.1) is 0 Å². The van der Waals surface area contributed by atoms with Crippen molar-refractivity contribution >= 4 is 27.3 Å². The summed E-state index contributed by atoms with van der Waals surface area (Å²) in [7, 11) is 0. The maximum absolute atomic E-state index is 3.70. The third-order valence-electron chi connectivity index (χ3n) is 3.96. The molecule has 3 heteroatoms. The van der Waals surface area contributed by atoms with E-state index in [1.165, 1.54) is 41.6 Å². The summed E-state index contributed by atoms with van der Waals surface area (Å²) >= 11 is 5.34. The third kappa shape index (κ3) is 2.69. The summed E-state index contributed by atoms with van der Waals surface area (Å²) in [6.07, 6.45) is 5.57. The molecule has 1 fully saturated rings. The van der Waals surface area contributed by atoms with Gasteiger partial charge in [-0.3, -0.25) is 0 Å². The largest absolute Gasteiger partial charge is 0.309 e. The van der Waals surface area contributed by atoms with Gasteiger partial charge in [0.15, 0.2) is 0 Å². The molecule has 0 aromatic carbocycles. The van der Waals surface area contributed by atoms with Crippen molar-refractivity contribution in [2.24, 2.45) is 5.41 Å². The van der Waals surface area contributed by atoms with E-state index in [1.54, 1.807) is 0 Å². The van der Waals surface area contributed by atoms with Gasteiger partial charge in [-0.15, -0.1) is 11.3 Å². The molecule has 1 aliphatic rings. The van der Waals surface area contributed by atoms with E-state index in [-0.39, 0.29) is 0 Å². The van der Waals surface area contributed by atoms with Gasteiger partial charge < -0.3 is 5.32 Å². The fraction of sp³-hybridized carbons (Fsp3) is 0.692. The van der Waals surface area contributed by atoms with Gasteiger partial charge in [0.1, 0.15) is 0 Å². The van der Waals surface area contributed by atoms with E-state index in [9.17, 15) is 0 Å². The second-order valence-corrected chi connectivity index (χ2v) is 6.84. The van der Waals surface area contributed by atoms with Crippen molar-refractivity contribution in [3.8, 4) is 0 Å². The summed E-state index contributed by atoms with van der Waals surface area (Å²) in [5, 5.41) is 5.85. The molecule has 1 saturated carbocycles. The van der Waals surface area contributed by atoms with Crippen LogP contribution < -0.4 is 5.32 Å². The van der Waals surface area contributed by atoms with Crippen molar-refractivity contribution in [1.29, 1.82) is 0 Å². The van der Waals surface area contributed by atoms with Crippen LogP contribution in [-0.4, -0.2) is 6.54 Å². The zero-order chi connectivity index (χ0) is 11.6. The molecule has 2 rings (SSSR count). The highest BCUT2D eigenvalue weighted by atomic mass is 79.9. The van der Waals surface area contributed by atoms with E-state index in [4.69, 9.17) is 0 Å². The van der Waals surface area contributed by atoms with Gasteiger partial charge in [0.25, 0.3) is 0 Å². The number of hydrogen-bond acceptors (Lipinski definition) is 2. The minimum atomic E-state index is 0.486. The van der Waals surface area contributed by atoms with Crippen LogP contribution in [-0.2, 0) is 0 Å². The summed E-state index contributed by atoms with van der Waals surface area (Å²) in [5.74, 6) is 0. The Morgan fingerprint density at radius 2 is 2.31 bits per heavy atom. The molecule has 1 unspecified atom stereocenters. The molecule has 90 valence electrons. The van der Waals surface area contributed by atoms with Crippen LogP contribution >= 0.6 is 27.3 Å². The van der Waals surface area contributed by atoms with E-state index < -0.39 is 0 Å². The van der Waals surface area contributed by atoms with Crippen LogP contribution in [0.1, 0.15) is 50.4 Å². The summed E-state index contributed by atoms with van der Waals surface area (Å²) in [5.41, 5.74) is 0.614. The standard InChI is InChI=1S/C13H20BrNS/c1-3-13(5-4-6-13)9-15-10(2)12-7-11(14)8-16-12/h7-8,10,15H,3-6,9H2,1-2H3. The first-order valence-electron chi connectivity index (χ1n) is 6.12. The lowest BCUT2D eigenvalue weighted by Gasteiger charge is -2.42. The molecule has 0 radical (unpaired) electrons. The van der Waals surface area contributed by atoms with Gasteiger partial charge in [-0.1, -0.05) is 13.3 Å². The Bertz CT molecular complexity index is 338. The molecule has 0 bridgehead atoms. The van der Waals surface area contributed by atoms with Gasteiger partial charge >= 0.3 is 0 Å². The molecule has 0 spiro atoms. The van der Waals surface area contributed by atoms with Crippen LogP contribution in [0, 0.1) is 5.41 Å². The zero-order valence-corrected chi connectivity index (χ0v) is 12.5. The van der Waals surface area contributed by atoms with E-state index in [0.717, 1.165) is 0 Å². The van der Waals surface area contributed by atoms with Crippen molar-refractivity contribution < 1.29 is 0 Å². The van der Waals surface area contributed by atoms with E-state index in [1.807, 2.05) is 11.3 Å². The molecule has 1 aromatic rings. The molecular formula is C13H20BrNS. The molecule has 0 aliphatic heterocycles. The Labute approximate surface area is 111 Å². The van der Waals surface area contributed by atoms with Crippen molar-refractivity contribution in [1.82, 2.24) is 5.32 Å². The SMILES string of the molecule is CCC1(CNC(C)c2cc(Br)cs2)CCC1. The number of nitrogens with one attached hydrogen (secondary N) is 1. The molecule has 1 atom stereocenters. The molecular weight excluding hydrogens is 282 g/mol. The molecule has 0 amide bonds. The van der Waals surface area contributed by atoms with Crippen LogP contribution in [0.15, 0.2) is 15.9 Å². The van der Waals surface area contributed by atoms with Crippen molar-refractivity contribution in [3.63, 3.8) is 0 Å². The van der Waals surface area contributed by atoms with Crippen molar-refractivity contribution in [2.75, 3.05) is 6.54 Å². The number of rotatable bonds is 5. The van der Waals surface area contributed by atoms with Gasteiger partial charge in [0.2, 0.25) is 0 Å².